The van der Waals surface area contributed by atoms with Gasteiger partial charge >= 0.3 is 0 Å². The minimum Gasteiger partial charge on any atom is -0.389 e. The van der Waals surface area contributed by atoms with Crippen LogP contribution in [0.15, 0.2) is 18.2 Å². The van der Waals surface area contributed by atoms with E-state index in [1.165, 1.54) is 12.8 Å². The number of thiocarbonyl (C=S) groups is 1. The summed E-state index contributed by atoms with van der Waals surface area (Å²) in [7, 11) is 0. The smallest absolute Gasteiger partial charge is 0.106 e. The van der Waals surface area contributed by atoms with Crippen molar-refractivity contribution in [2.24, 2.45) is 5.73 Å². The molecule has 0 aromatic heterocycles. The highest BCUT2D eigenvalue weighted by Crippen LogP contribution is 2.34. The van der Waals surface area contributed by atoms with Gasteiger partial charge in [-0.25, -0.2) is 0 Å². The second kappa shape index (κ2) is 4.60. The summed E-state index contributed by atoms with van der Waals surface area (Å²) in [5.41, 5.74) is 7.74. The molecule has 86 valence electrons. The molecule has 0 spiro atoms. The largest absolute Gasteiger partial charge is 0.389 e. The van der Waals surface area contributed by atoms with Gasteiger partial charge in [0.05, 0.1) is 0 Å². The van der Waals surface area contributed by atoms with E-state index in [1.54, 1.807) is 0 Å². The highest BCUT2D eigenvalue weighted by Gasteiger charge is 2.29. The Morgan fingerprint density at radius 1 is 1.56 bits per heavy atom. The zero-order chi connectivity index (χ0) is 11.7. The Bertz CT molecular complexity index is 415. The van der Waals surface area contributed by atoms with Crippen LogP contribution in [0, 0.1) is 0 Å². The Hall–Kier alpha value is -0.800. The van der Waals surface area contributed by atoms with Crippen LogP contribution in [-0.4, -0.2) is 17.6 Å². The van der Waals surface area contributed by atoms with Gasteiger partial charge in [-0.3, -0.25) is 0 Å². The van der Waals surface area contributed by atoms with Crippen molar-refractivity contribution in [2.45, 2.75) is 25.8 Å². The normalized spacial score (nSPS) is 14.9. The molecule has 0 aliphatic heterocycles. The van der Waals surface area contributed by atoms with E-state index in [0.717, 1.165) is 17.8 Å². The molecule has 1 fully saturated rings. The molecule has 1 aromatic carbocycles. The summed E-state index contributed by atoms with van der Waals surface area (Å²) in [4.78, 5) is 2.77. The number of nitrogens with zero attached hydrogens (tertiary/aromatic N) is 1. The van der Waals surface area contributed by atoms with Crippen molar-refractivity contribution in [1.82, 2.24) is 0 Å². The molecule has 1 saturated carbocycles. The molecule has 2 nitrogen and oxygen atoms in total. The molecule has 0 radical (unpaired) electrons. The number of hydrogen-bond acceptors (Lipinski definition) is 2. The maximum Gasteiger partial charge on any atom is 0.106 e. The minimum absolute atomic E-state index is 0.414. The molecule has 0 unspecified atom stereocenters. The first-order valence-corrected chi connectivity index (χ1v) is 6.28. The van der Waals surface area contributed by atoms with E-state index in [0.29, 0.717) is 16.1 Å². The van der Waals surface area contributed by atoms with Crippen LogP contribution in [0.25, 0.3) is 0 Å². The van der Waals surface area contributed by atoms with Crippen molar-refractivity contribution in [3.8, 4) is 0 Å². The summed E-state index contributed by atoms with van der Waals surface area (Å²) in [6.45, 7) is 3.12. The maximum atomic E-state index is 5.97. The lowest BCUT2D eigenvalue weighted by Crippen LogP contribution is -2.27. The van der Waals surface area contributed by atoms with Crippen molar-refractivity contribution in [3.63, 3.8) is 0 Å². The molecule has 1 aliphatic rings. The number of rotatable bonds is 4. The quantitative estimate of drug-likeness (QED) is 0.838. The topological polar surface area (TPSA) is 29.3 Å². The van der Waals surface area contributed by atoms with E-state index in [1.807, 2.05) is 18.2 Å². The summed E-state index contributed by atoms with van der Waals surface area (Å²) in [6.07, 6.45) is 2.51. The first-order chi connectivity index (χ1) is 7.63. The van der Waals surface area contributed by atoms with Gasteiger partial charge in [-0.1, -0.05) is 23.8 Å². The zero-order valence-corrected chi connectivity index (χ0v) is 10.8. The third-order valence-corrected chi connectivity index (χ3v) is 3.32. The number of anilines is 1. The molecular formula is C12H15ClN2S. The van der Waals surface area contributed by atoms with Crippen molar-refractivity contribution < 1.29 is 0 Å². The van der Waals surface area contributed by atoms with E-state index in [2.05, 4.69) is 11.8 Å². The van der Waals surface area contributed by atoms with Gasteiger partial charge in [-0.2, -0.15) is 0 Å². The standard InChI is InChI=1S/C12H15ClN2S/c1-2-15(9-4-5-9)11-6-3-8(13)7-10(11)12(14)16/h3,6-7,9H,2,4-5H2,1H3,(H2,14,16). The van der Waals surface area contributed by atoms with Crippen LogP contribution in [0.4, 0.5) is 5.69 Å². The van der Waals surface area contributed by atoms with Gasteiger partial charge in [0, 0.05) is 28.9 Å². The molecule has 0 bridgehead atoms. The highest BCUT2D eigenvalue weighted by molar-refractivity contribution is 7.80. The molecule has 0 atom stereocenters. The lowest BCUT2D eigenvalue weighted by Gasteiger charge is -2.25. The second-order valence-electron chi connectivity index (χ2n) is 4.04. The van der Waals surface area contributed by atoms with E-state index in [4.69, 9.17) is 29.6 Å². The fourth-order valence-corrected chi connectivity index (χ4v) is 2.30. The van der Waals surface area contributed by atoms with Crippen LogP contribution in [0.3, 0.4) is 0 Å². The summed E-state index contributed by atoms with van der Waals surface area (Å²) < 4.78 is 0. The zero-order valence-electron chi connectivity index (χ0n) is 9.24. The predicted molar refractivity (Wildman–Crippen MR) is 73.4 cm³/mol. The molecule has 1 aliphatic carbocycles. The van der Waals surface area contributed by atoms with Gasteiger partial charge in [0.25, 0.3) is 0 Å². The number of halogens is 1. The third kappa shape index (κ3) is 2.30. The Morgan fingerprint density at radius 3 is 2.75 bits per heavy atom. The summed E-state index contributed by atoms with van der Waals surface area (Å²) >= 11 is 11.0. The monoisotopic (exact) mass is 254 g/mol. The molecular weight excluding hydrogens is 240 g/mol. The van der Waals surface area contributed by atoms with E-state index >= 15 is 0 Å². The average molecular weight is 255 g/mol. The second-order valence-corrected chi connectivity index (χ2v) is 4.92. The van der Waals surface area contributed by atoms with Crippen molar-refractivity contribution >= 4 is 34.5 Å². The van der Waals surface area contributed by atoms with Crippen molar-refractivity contribution in [3.05, 3.63) is 28.8 Å². The summed E-state index contributed by atoms with van der Waals surface area (Å²) in [6, 6.07) is 6.41. The molecule has 4 heteroatoms. The van der Waals surface area contributed by atoms with Crippen LogP contribution < -0.4 is 10.6 Å². The lowest BCUT2D eigenvalue weighted by molar-refractivity contribution is 0.825. The van der Waals surface area contributed by atoms with E-state index < -0.39 is 0 Å². The summed E-state index contributed by atoms with van der Waals surface area (Å²) in [5, 5.41) is 0.679. The molecule has 1 aromatic rings. The number of nitrogens with two attached hydrogens (primary N) is 1. The van der Waals surface area contributed by atoms with E-state index in [9.17, 15) is 0 Å². The van der Waals surface area contributed by atoms with Crippen molar-refractivity contribution in [1.29, 1.82) is 0 Å². The van der Waals surface area contributed by atoms with Gasteiger partial charge in [0.15, 0.2) is 0 Å². The SMILES string of the molecule is CCN(c1ccc(Cl)cc1C(N)=S)C1CC1. The Morgan fingerprint density at radius 2 is 2.25 bits per heavy atom. The molecule has 16 heavy (non-hydrogen) atoms. The van der Waals surface area contributed by atoms with Crippen LogP contribution >= 0.6 is 23.8 Å². The molecule has 2 rings (SSSR count). The van der Waals surface area contributed by atoms with Crippen LogP contribution in [0.2, 0.25) is 5.02 Å². The van der Waals surface area contributed by atoms with Gasteiger partial charge in [0.1, 0.15) is 4.99 Å². The third-order valence-electron chi connectivity index (χ3n) is 2.86. The van der Waals surface area contributed by atoms with Gasteiger partial charge in [0.2, 0.25) is 0 Å². The Balaban J connectivity index is 2.41. The Kier molecular flexibility index (Phi) is 3.36. The predicted octanol–water partition coefficient (Wildman–Crippen LogP) is 2.96. The lowest BCUT2D eigenvalue weighted by atomic mass is 10.1. The van der Waals surface area contributed by atoms with Gasteiger partial charge in [-0.15, -0.1) is 0 Å². The molecule has 2 N–H and O–H groups in total. The van der Waals surface area contributed by atoms with Crippen molar-refractivity contribution in [2.75, 3.05) is 11.4 Å². The highest BCUT2D eigenvalue weighted by atomic mass is 35.5. The molecule has 0 heterocycles. The fraction of sp³-hybridized carbons (Fsp3) is 0.417. The summed E-state index contributed by atoms with van der Waals surface area (Å²) in [5.74, 6) is 0. The first-order valence-electron chi connectivity index (χ1n) is 5.49. The van der Waals surface area contributed by atoms with Gasteiger partial charge in [-0.05, 0) is 38.0 Å². The fourth-order valence-electron chi connectivity index (χ4n) is 1.97. The first kappa shape index (κ1) is 11.7. The molecule has 0 amide bonds. The number of benzene rings is 1. The Labute approximate surface area is 106 Å². The van der Waals surface area contributed by atoms with Crippen LogP contribution in [0.5, 0.6) is 0 Å². The maximum absolute atomic E-state index is 5.97. The number of hydrogen-bond donors (Lipinski definition) is 1. The molecule has 0 saturated heterocycles. The van der Waals surface area contributed by atoms with E-state index in [-0.39, 0.29) is 0 Å². The average Bonchev–Trinajstić information content (AvgIpc) is 3.05. The van der Waals surface area contributed by atoms with Crippen LogP contribution in [-0.2, 0) is 0 Å². The van der Waals surface area contributed by atoms with Gasteiger partial charge < -0.3 is 10.6 Å². The minimum atomic E-state index is 0.414. The van der Waals surface area contributed by atoms with Crippen LogP contribution in [0.1, 0.15) is 25.3 Å².